The average Bonchev–Trinajstić information content (AvgIpc) is 3.21. The number of benzene rings is 1. The number of fused-ring (bicyclic) bond motifs is 1. The molecular weight excluding hydrogens is 398 g/mol. The predicted octanol–water partition coefficient (Wildman–Crippen LogP) is 4.83. The molecule has 0 aliphatic carbocycles. The summed E-state index contributed by atoms with van der Waals surface area (Å²) in [6.45, 7) is 2.25. The van der Waals surface area contributed by atoms with E-state index in [4.69, 9.17) is 9.73 Å². The zero-order chi connectivity index (χ0) is 17.4. The largest absolute Gasteiger partial charge is 0.496 e. The molecule has 4 nitrogen and oxygen atoms in total. The van der Waals surface area contributed by atoms with Crippen molar-refractivity contribution in [2.24, 2.45) is 4.99 Å². The Bertz CT molecular complexity index is 799. The second kappa shape index (κ2) is 7.00. The molecule has 2 aromatic rings. The van der Waals surface area contributed by atoms with Crippen molar-refractivity contribution in [2.45, 2.75) is 31.5 Å². The van der Waals surface area contributed by atoms with Crippen LogP contribution in [0.2, 0.25) is 0 Å². The monoisotopic (exact) mass is 417 g/mol. The minimum absolute atomic E-state index is 0.0127. The Balaban J connectivity index is 1.85. The lowest BCUT2D eigenvalue weighted by atomic mass is 9.94. The Hall–Kier alpha value is -1.53. The van der Waals surface area contributed by atoms with Crippen molar-refractivity contribution in [3.63, 3.8) is 0 Å². The van der Waals surface area contributed by atoms with Crippen molar-refractivity contribution in [2.75, 3.05) is 12.9 Å². The Kier molecular flexibility index (Phi) is 4.73. The first-order valence-electron chi connectivity index (χ1n) is 8.46. The van der Waals surface area contributed by atoms with Crippen LogP contribution in [0.25, 0.3) is 0 Å². The SMILES string of the molecule is CC[C@H]1CSC2=N[C@@H](c3ccccn3)[C@@H](c3cc(Br)ccc3OC)N21. The summed E-state index contributed by atoms with van der Waals surface area (Å²) < 4.78 is 6.74. The molecule has 25 heavy (non-hydrogen) atoms. The number of rotatable bonds is 4. The molecule has 0 amide bonds. The van der Waals surface area contributed by atoms with Crippen LogP contribution < -0.4 is 4.74 Å². The fourth-order valence-electron chi connectivity index (χ4n) is 3.62. The van der Waals surface area contributed by atoms with Crippen LogP contribution in [0.4, 0.5) is 0 Å². The molecule has 0 spiro atoms. The standard InChI is InChI=1S/C19H20BrN3OS/c1-3-13-11-25-19-22-17(15-6-4-5-9-21-15)18(23(13)19)14-10-12(20)7-8-16(14)24-2/h4-10,13,17-18H,3,11H2,1-2H3/t13-,17-,18+/m0/s1. The molecule has 130 valence electrons. The van der Waals surface area contributed by atoms with Gasteiger partial charge in [-0.25, -0.2) is 0 Å². The number of aromatic nitrogens is 1. The van der Waals surface area contributed by atoms with Crippen LogP contribution >= 0.6 is 27.7 Å². The molecule has 6 heteroatoms. The van der Waals surface area contributed by atoms with E-state index in [0.717, 1.165) is 38.8 Å². The third-order valence-electron chi connectivity index (χ3n) is 4.84. The molecule has 2 aliphatic rings. The van der Waals surface area contributed by atoms with E-state index in [1.54, 1.807) is 7.11 Å². The van der Waals surface area contributed by atoms with Crippen molar-refractivity contribution < 1.29 is 4.74 Å². The Morgan fingerprint density at radius 1 is 1.32 bits per heavy atom. The molecule has 0 bridgehead atoms. The molecule has 3 heterocycles. The number of aliphatic imine (C=N–C) groups is 1. The van der Waals surface area contributed by atoms with Crippen LogP contribution in [0.1, 0.15) is 36.7 Å². The zero-order valence-corrected chi connectivity index (χ0v) is 16.6. The molecule has 1 saturated heterocycles. The zero-order valence-electron chi connectivity index (χ0n) is 14.2. The molecule has 0 unspecified atom stereocenters. The maximum Gasteiger partial charge on any atom is 0.160 e. The first kappa shape index (κ1) is 16.9. The van der Waals surface area contributed by atoms with Crippen LogP contribution in [0.15, 0.2) is 52.1 Å². The molecular formula is C19H20BrN3OS. The number of halogens is 1. The number of methoxy groups -OCH3 is 1. The van der Waals surface area contributed by atoms with E-state index in [-0.39, 0.29) is 12.1 Å². The summed E-state index contributed by atoms with van der Waals surface area (Å²) in [6.07, 6.45) is 2.95. The highest BCUT2D eigenvalue weighted by atomic mass is 79.9. The molecule has 1 aromatic heterocycles. The van der Waals surface area contributed by atoms with E-state index in [1.807, 2.05) is 42.2 Å². The van der Waals surface area contributed by atoms with Crippen LogP contribution in [-0.2, 0) is 0 Å². The highest BCUT2D eigenvalue weighted by Gasteiger charge is 2.46. The maximum atomic E-state index is 5.69. The van der Waals surface area contributed by atoms with Gasteiger partial charge in [0.1, 0.15) is 11.8 Å². The second-order valence-corrected chi connectivity index (χ2v) is 8.13. The third-order valence-corrected chi connectivity index (χ3v) is 6.46. The minimum Gasteiger partial charge on any atom is -0.496 e. The van der Waals surface area contributed by atoms with Gasteiger partial charge in [0.05, 0.1) is 18.8 Å². The Morgan fingerprint density at radius 2 is 2.20 bits per heavy atom. The lowest BCUT2D eigenvalue weighted by molar-refractivity contribution is 0.249. The number of thioether (sulfide) groups is 1. The topological polar surface area (TPSA) is 37.7 Å². The molecule has 0 saturated carbocycles. The normalized spacial score (nSPS) is 25.0. The summed E-state index contributed by atoms with van der Waals surface area (Å²) in [5, 5.41) is 1.13. The van der Waals surface area contributed by atoms with Crippen molar-refractivity contribution in [1.82, 2.24) is 9.88 Å². The molecule has 4 rings (SSSR count). The van der Waals surface area contributed by atoms with E-state index < -0.39 is 0 Å². The van der Waals surface area contributed by atoms with Gasteiger partial charge in [0, 0.05) is 28.0 Å². The van der Waals surface area contributed by atoms with Crippen LogP contribution in [0, 0.1) is 0 Å². The Labute approximate surface area is 160 Å². The predicted molar refractivity (Wildman–Crippen MR) is 106 cm³/mol. The molecule has 0 N–H and O–H groups in total. The van der Waals surface area contributed by atoms with Gasteiger partial charge >= 0.3 is 0 Å². The Morgan fingerprint density at radius 3 is 2.92 bits per heavy atom. The number of hydrogen-bond acceptors (Lipinski definition) is 5. The summed E-state index contributed by atoms with van der Waals surface area (Å²) in [4.78, 5) is 12.1. The molecule has 2 aliphatic heterocycles. The number of hydrogen-bond donors (Lipinski definition) is 0. The van der Waals surface area contributed by atoms with Gasteiger partial charge in [-0.3, -0.25) is 9.98 Å². The summed E-state index contributed by atoms with van der Waals surface area (Å²) in [5.41, 5.74) is 2.17. The van der Waals surface area contributed by atoms with E-state index in [2.05, 4.69) is 44.9 Å². The minimum atomic E-state index is -0.0127. The fourth-order valence-corrected chi connectivity index (χ4v) is 5.34. The highest BCUT2D eigenvalue weighted by Crippen LogP contribution is 2.50. The van der Waals surface area contributed by atoms with E-state index in [9.17, 15) is 0 Å². The van der Waals surface area contributed by atoms with Gasteiger partial charge in [-0.1, -0.05) is 40.7 Å². The molecule has 1 aromatic carbocycles. The molecule has 0 radical (unpaired) electrons. The van der Waals surface area contributed by atoms with Gasteiger partial charge in [-0.15, -0.1) is 0 Å². The first-order chi connectivity index (χ1) is 12.2. The molecule has 1 fully saturated rings. The fraction of sp³-hybridized carbons (Fsp3) is 0.368. The van der Waals surface area contributed by atoms with Crippen molar-refractivity contribution in [3.05, 3.63) is 58.3 Å². The van der Waals surface area contributed by atoms with Crippen molar-refractivity contribution >= 4 is 32.9 Å². The lowest BCUT2D eigenvalue weighted by Crippen LogP contribution is -2.35. The maximum absolute atomic E-state index is 5.69. The quantitative estimate of drug-likeness (QED) is 0.713. The van der Waals surface area contributed by atoms with E-state index in [0.29, 0.717) is 6.04 Å². The number of amidine groups is 1. The third kappa shape index (κ3) is 2.95. The van der Waals surface area contributed by atoms with E-state index in [1.165, 1.54) is 0 Å². The van der Waals surface area contributed by atoms with E-state index >= 15 is 0 Å². The number of nitrogens with zero attached hydrogens (tertiary/aromatic N) is 3. The van der Waals surface area contributed by atoms with Gasteiger partial charge < -0.3 is 9.64 Å². The summed E-state index contributed by atoms with van der Waals surface area (Å²) in [5.74, 6) is 1.99. The van der Waals surface area contributed by atoms with Gasteiger partial charge in [0.15, 0.2) is 5.17 Å². The lowest BCUT2D eigenvalue weighted by Gasteiger charge is -2.32. The van der Waals surface area contributed by atoms with Crippen molar-refractivity contribution in [1.29, 1.82) is 0 Å². The van der Waals surface area contributed by atoms with Gasteiger partial charge in [0.25, 0.3) is 0 Å². The highest BCUT2D eigenvalue weighted by molar-refractivity contribution is 9.10. The van der Waals surface area contributed by atoms with Gasteiger partial charge in [-0.2, -0.15) is 0 Å². The van der Waals surface area contributed by atoms with Crippen LogP contribution in [0.3, 0.4) is 0 Å². The van der Waals surface area contributed by atoms with Crippen LogP contribution in [0.5, 0.6) is 5.75 Å². The second-order valence-electron chi connectivity index (χ2n) is 6.22. The summed E-state index contributed by atoms with van der Waals surface area (Å²) in [6, 6.07) is 12.8. The van der Waals surface area contributed by atoms with Gasteiger partial charge in [0.2, 0.25) is 0 Å². The molecule has 3 atom stereocenters. The number of pyridine rings is 1. The van der Waals surface area contributed by atoms with Crippen LogP contribution in [-0.4, -0.2) is 34.0 Å². The first-order valence-corrected chi connectivity index (χ1v) is 10.2. The summed E-state index contributed by atoms with van der Waals surface area (Å²) in [7, 11) is 1.73. The average molecular weight is 418 g/mol. The van der Waals surface area contributed by atoms with Gasteiger partial charge in [-0.05, 0) is 36.8 Å². The summed E-state index contributed by atoms with van der Waals surface area (Å²) >= 11 is 5.48. The smallest absolute Gasteiger partial charge is 0.160 e. The number of ether oxygens (including phenoxy) is 1. The van der Waals surface area contributed by atoms with Crippen molar-refractivity contribution in [3.8, 4) is 5.75 Å².